The highest BCUT2D eigenvalue weighted by atomic mass is 16.2. The maximum atomic E-state index is 11.8. The van der Waals surface area contributed by atoms with Crippen molar-refractivity contribution in [1.29, 1.82) is 0 Å². The van der Waals surface area contributed by atoms with E-state index in [0.717, 1.165) is 25.1 Å². The first-order valence-electron chi connectivity index (χ1n) is 12.4. The van der Waals surface area contributed by atoms with Crippen LogP contribution in [0.4, 0.5) is 0 Å². The van der Waals surface area contributed by atoms with Gasteiger partial charge in [0.15, 0.2) is 0 Å². The molecule has 1 aliphatic rings. The molecule has 2 nitrogen and oxygen atoms in total. The van der Waals surface area contributed by atoms with E-state index in [9.17, 15) is 4.79 Å². The number of amides is 1. The van der Waals surface area contributed by atoms with Crippen molar-refractivity contribution >= 4 is 5.91 Å². The molecule has 1 amide bonds. The lowest BCUT2D eigenvalue weighted by atomic mass is 10.0. The molecule has 28 heavy (non-hydrogen) atoms. The summed E-state index contributed by atoms with van der Waals surface area (Å²) >= 11 is 0. The molecule has 1 aliphatic heterocycles. The molecule has 0 bridgehead atoms. The van der Waals surface area contributed by atoms with E-state index < -0.39 is 0 Å². The monoisotopic (exact) mass is 389 g/mol. The Hall–Kier alpha value is -1.05. The molecule has 0 atom stereocenters. The molecule has 0 radical (unpaired) electrons. The van der Waals surface area contributed by atoms with E-state index in [1.165, 1.54) is 103 Å². The third-order valence-electron chi connectivity index (χ3n) is 6.01. The first-order chi connectivity index (χ1) is 13.8. The van der Waals surface area contributed by atoms with Crippen molar-refractivity contribution in [3.05, 3.63) is 24.4 Å². The molecule has 1 rings (SSSR count). The Morgan fingerprint density at radius 1 is 0.821 bits per heavy atom. The molecule has 1 saturated heterocycles. The second-order valence-electron chi connectivity index (χ2n) is 8.57. The number of likely N-dealkylation sites (tertiary alicyclic amines) is 1. The molecule has 0 aromatic carbocycles. The Labute approximate surface area is 175 Å². The van der Waals surface area contributed by atoms with Crippen molar-refractivity contribution < 1.29 is 4.79 Å². The molecule has 0 aliphatic carbocycles. The highest BCUT2D eigenvalue weighted by molar-refractivity contribution is 5.80. The summed E-state index contributed by atoms with van der Waals surface area (Å²) in [5, 5.41) is 0. The van der Waals surface area contributed by atoms with Crippen LogP contribution in [0, 0.1) is 0 Å². The molecular formula is C26H47NO. The summed E-state index contributed by atoms with van der Waals surface area (Å²) in [6, 6.07) is 0. The van der Waals surface area contributed by atoms with Crippen LogP contribution in [0.25, 0.3) is 0 Å². The topological polar surface area (TPSA) is 20.3 Å². The van der Waals surface area contributed by atoms with Gasteiger partial charge in [0, 0.05) is 18.7 Å². The summed E-state index contributed by atoms with van der Waals surface area (Å²) in [6.45, 7) is 7.03. The average Bonchev–Trinajstić information content (AvgIpc) is 3.13. The van der Waals surface area contributed by atoms with Gasteiger partial charge in [0.1, 0.15) is 0 Å². The fraction of sp³-hybridized carbons (Fsp3) is 0.808. The second kappa shape index (κ2) is 18.0. The molecule has 1 fully saturated rings. The minimum Gasteiger partial charge on any atom is -0.313 e. The lowest BCUT2D eigenvalue weighted by Gasteiger charge is -2.16. The number of rotatable bonds is 19. The first-order valence-corrected chi connectivity index (χ1v) is 12.4. The largest absolute Gasteiger partial charge is 0.313 e. The fourth-order valence-electron chi connectivity index (χ4n) is 4.17. The quantitative estimate of drug-likeness (QED) is 0.160. The van der Waals surface area contributed by atoms with Crippen LogP contribution in [-0.2, 0) is 4.79 Å². The van der Waals surface area contributed by atoms with Crippen LogP contribution in [-0.4, -0.2) is 17.4 Å². The Morgan fingerprint density at radius 3 is 1.68 bits per heavy atom. The van der Waals surface area contributed by atoms with Crippen LogP contribution in [0.3, 0.4) is 0 Å². The fourth-order valence-corrected chi connectivity index (χ4v) is 4.17. The van der Waals surface area contributed by atoms with Crippen molar-refractivity contribution in [2.75, 3.05) is 6.54 Å². The van der Waals surface area contributed by atoms with Crippen molar-refractivity contribution in [2.45, 2.75) is 129 Å². The van der Waals surface area contributed by atoms with Crippen molar-refractivity contribution in [1.82, 2.24) is 4.90 Å². The predicted octanol–water partition coefficient (Wildman–Crippen LogP) is 8.33. The van der Waals surface area contributed by atoms with Gasteiger partial charge in [-0.25, -0.2) is 0 Å². The Bertz CT molecular complexity index is 426. The molecule has 0 spiro atoms. The van der Waals surface area contributed by atoms with Gasteiger partial charge in [-0.3, -0.25) is 4.79 Å². The van der Waals surface area contributed by atoms with E-state index in [0.29, 0.717) is 6.42 Å². The zero-order chi connectivity index (χ0) is 20.3. The maximum Gasteiger partial charge on any atom is 0.227 e. The van der Waals surface area contributed by atoms with E-state index in [1.807, 2.05) is 11.0 Å². The minimum absolute atomic E-state index is 0.262. The summed E-state index contributed by atoms with van der Waals surface area (Å²) in [5.41, 5.74) is 1.03. The number of carbonyl (C=O) groups excluding carboxylic acids is 1. The highest BCUT2D eigenvalue weighted by Gasteiger charge is 2.21. The van der Waals surface area contributed by atoms with Crippen molar-refractivity contribution in [3.63, 3.8) is 0 Å². The molecule has 162 valence electrons. The van der Waals surface area contributed by atoms with Crippen LogP contribution in [0.1, 0.15) is 129 Å². The smallest absolute Gasteiger partial charge is 0.227 e. The number of carbonyl (C=O) groups is 1. The van der Waals surface area contributed by atoms with Crippen molar-refractivity contribution in [2.24, 2.45) is 0 Å². The van der Waals surface area contributed by atoms with Gasteiger partial charge in [-0.1, -0.05) is 116 Å². The van der Waals surface area contributed by atoms with Gasteiger partial charge in [-0.05, 0) is 25.3 Å². The Kier molecular flexibility index (Phi) is 16.1. The maximum absolute atomic E-state index is 11.8. The van der Waals surface area contributed by atoms with Gasteiger partial charge in [0.25, 0.3) is 0 Å². The molecular weight excluding hydrogens is 342 g/mol. The summed E-state index contributed by atoms with van der Waals surface area (Å²) in [5.74, 6) is 0.262. The molecule has 2 heteroatoms. The van der Waals surface area contributed by atoms with E-state index in [1.54, 1.807) is 0 Å². The second-order valence-corrected chi connectivity index (χ2v) is 8.57. The van der Waals surface area contributed by atoms with Gasteiger partial charge in [0.2, 0.25) is 5.91 Å². The van der Waals surface area contributed by atoms with Gasteiger partial charge < -0.3 is 4.90 Å². The number of allylic oxidation sites excluding steroid dienone is 2. The normalized spacial score (nSPS) is 14.8. The summed E-state index contributed by atoms with van der Waals surface area (Å²) in [4.78, 5) is 13.7. The van der Waals surface area contributed by atoms with Crippen molar-refractivity contribution in [3.8, 4) is 0 Å². The summed E-state index contributed by atoms with van der Waals surface area (Å²) in [7, 11) is 0. The average molecular weight is 390 g/mol. The minimum atomic E-state index is 0.262. The van der Waals surface area contributed by atoms with Crippen LogP contribution in [0.5, 0.6) is 0 Å². The highest BCUT2D eigenvalue weighted by Crippen LogP contribution is 2.19. The SMILES string of the molecule is C=CC(=CCCCCCCCCCCCCCCCCCC)N1CCCC1=O. The van der Waals surface area contributed by atoms with Gasteiger partial charge in [-0.15, -0.1) is 0 Å². The zero-order valence-corrected chi connectivity index (χ0v) is 18.9. The third kappa shape index (κ3) is 12.4. The third-order valence-corrected chi connectivity index (χ3v) is 6.01. The molecule has 0 aromatic rings. The lowest BCUT2D eigenvalue weighted by molar-refractivity contribution is -0.125. The lowest BCUT2D eigenvalue weighted by Crippen LogP contribution is -2.22. The van der Waals surface area contributed by atoms with E-state index in [2.05, 4.69) is 19.6 Å². The van der Waals surface area contributed by atoms with E-state index in [4.69, 9.17) is 0 Å². The van der Waals surface area contributed by atoms with Crippen LogP contribution < -0.4 is 0 Å². The number of unbranched alkanes of at least 4 members (excludes halogenated alkanes) is 16. The van der Waals surface area contributed by atoms with Gasteiger partial charge in [0.05, 0.1) is 0 Å². The Balaban J connectivity index is 1.83. The van der Waals surface area contributed by atoms with Gasteiger partial charge >= 0.3 is 0 Å². The number of hydrogen-bond acceptors (Lipinski definition) is 1. The molecule has 0 aromatic heterocycles. The molecule has 0 saturated carbocycles. The zero-order valence-electron chi connectivity index (χ0n) is 18.9. The van der Waals surface area contributed by atoms with Crippen LogP contribution in [0.15, 0.2) is 24.4 Å². The van der Waals surface area contributed by atoms with E-state index >= 15 is 0 Å². The van der Waals surface area contributed by atoms with Crippen LogP contribution in [0.2, 0.25) is 0 Å². The predicted molar refractivity (Wildman–Crippen MR) is 123 cm³/mol. The molecule has 0 N–H and O–H groups in total. The number of hydrogen-bond donors (Lipinski definition) is 0. The van der Waals surface area contributed by atoms with Gasteiger partial charge in [-0.2, -0.15) is 0 Å². The van der Waals surface area contributed by atoms with Crippen LogP contribution >= 0.6 is 0 Å². The molecule has 0 unspecified atom stereocenters. The molecule has 1 heterocycles. The first kappa shape index (κ1) is 25.0. The van der Waals surface area contributed by atoms with E-state index in [-0.39, 0.29) is 5.91 Å². The Morgan fingerprint density at radius 2 is 1.29 bits per heavy atom. The number of nitrogens with zero attached hydrogens (tertiary/aromatic N) is 1. The summed E-state index contributed by atoms with van der Waals surface area (Å²) in [6.07, 6.45) is 29.3. The standard InChI is InChI=1S/C26H47NO/c1-3-5-6-7-8-9-10-11-12-13-14-15-16-17-18-19-20-22-25(4-2)27-24-21-23-26(27)28/h4,22H,2-3,5-21,23-24H2,1H3. The summed E-state index contributed by atoms with van der Waals surface area (Å²) < 4.78 is 0.